The molecule has 0 aliphatic heterocycles. The summed E-state index contributed by atoms with van der Waals surface area (Å²) in [5, 5.41) is 19.1. The number of aliphatic carboxylic acids is 1. The zero-order valence-corrected chi connectivity index (χ0v) is 13.9. The Morgan fingerprint density at radius 2 is 1.58 bits per heavy atom. The van der Waals surface area contributed by atoms with Crippen LogP contribution in [0.5, 0.6) is 0 Å². The Kier molecular flexibility index (Phi) is 5.71. The van der Waals surface area contributed by atoms with Crippen molar-refractivity contribution in [1.82, 2.24) is 4.72 Å². The normalized spacial score (nSPS) is 14.1. The molecule has 0 aromatic heterocycles. The van der Waals surface area contributed by atoms with Crippen molar-refractivity contribution in [2.45, 2.75) is 23.8 Å². The summed E-state index contributed by atoms with van der Waals surface area (Å²) < 4.78 is 26.6. The first-order chi connectivity index (χ1) is 11.3. The van der Waals surface area contributed by atoms with Gasteiger partial charge in [0.05, 0.1) is 16.9 Å². The molecule has 24 heavy (non-hydrogen) atoms. The van der Waals surface area contributed by atoms with E-state index in [1.807, 2.05) is 0 Å². The molecule has 6 nitrogen and oxygen atoms in total. The van der Waals surface area contributed by atoms with E-state index >= 15 is 0 Å². The average Bonchev–Trinajstić information content (AvgIpc) is 2.60. The first kappa shape index (κ1) is 18.1. The predicted molar refractivity (Wildman–Crippen MR) is 89.1 cm³/mol. The van der Waals surface area contributed by atoms with Crippen molar-refractivity contribution in [1.29, 1.82) is 0 Å². The van der Waals surface area contributed by atoms with Crippen molar-refractivity contribution in [3.8, 4) is 0 Å². The molecule has 0 fully saturated rings. The van der Waals surface area contributed by atoms with Gasteiger partial charge in [0.15, 0.2) is 0 Å². The van der Waals surface area contributed by atoms with Crippen molar-refractivity contribution in [2.75, 3.05) is 6.54 Å². The lowest BCUT2D eigenvalue weighted by Crippen LogP contribution is -2.28. The van der Waals surface area contributed by atoms with Gasteiger partial charge in [0.25, 0.3) is 0 Å². The van der Waals surface area contributed by atoms with Crippen LogP contribution in [-0.4, -0.2) is 31.1 Å². The molecular formula is C17H19NO5S. The maximum Gasteiger partial charge on any atom is 0.310 e. The summed E-state index contributed by atoms with van der Waals surface area (Å²) in [4.78, 5) is 11.1. The maximum absolute atomic E-state index is 12.1. The number of aliphatic hydroxyl groups is 1. The summed E-state index contributed by atoms with van der Waals surface area (Å²) in [6, 6.07) is 14.3. The molecule has 0 bridgehead atoms. The van der Waals surface area contributed by atoms with Crippen LogP contribution < -0.4 is 4.72 Å². The highest BCUT2D eigenvalue weighted by molar-refractivity contribution is 7.89. The Morgan fingerprint density at radius 3 is 2.12 bits per heavy atom. The van der Waals surface area contributed by atoms with Gasteiger partial charge < -0.3 is 10.2 Å². The Labute approximate surface area is 140 Å². The SMILES string of the molecule is CC(C(=O)O)c1ccc(C(O)CNS(=O)(=O)c2ccccc2)cc1. The molecule has 7 heteroatoms. The number of rotatable bonds is 7. The molecule has 2 unspecified atom stereocenters. The van der Waals surface area contributed by atoms with Gasteiger partial charge in [-0.05, 0) is 30.2 Å². The van der Waals surface area contributed by atoms with Crippen LogP contribution in [0.25, 0.3) is 0 Å². The van der Waals surface area contributed by atoms with Crippen LogP contribution in [0.1, 0.15) is 30.1 Å². The van der Waals surface area contributed by atoms with Crippen LogP contribution in [0, 0.1) is 0 Å². The first-order valence-electron chi connectivity index (χ1n) is 7.36. The van der Waals surface area contributed by atoms with Crippen LogP contribution >= 0.6 is 0 Å². The topological polar surface area (TPSA) is 104 Å². The van der Waals surface area contributed by atoms with Crippen LogP contribution in [0.2, 0.25) is 0 Å². The number of hydrogen-bond acceptors (Lipinski definition) is 4. The fraction of sp³-hybridized carbons (Fsp3) is 0.235. The summed E-state index contributed by atoms with van der Waals surface area (Å²) in [6.07, 6.45) is -1.03. The summed E-state index contributed by atoms with van der Waals surface area (Å²) in [7, 11) is -3.68. The van der Waals surface area contributed by atoms with Gasteiger partial charge in [-0.3, -0.25) is 4.79 Å². The Hall–Kier alpha value is -2.22. The Bertz CT molecular complexity index is 787. The molecule has 0 spiro atoms. The second kappa shape index (κ2) is 7.57. The fourth-order valence-electron chi connectivity index (χ4n) is 2.14. The van der Waals surface area contributed by atoms with Crippen molar-refractivity contribution >= 4 is 16.0 Å². The number of carboxylic acid groups (broad SMARTS) is 1. The van der Waals surface area contributed by atoms with Gasteiger partial charge in [-0.15, -0.1) is 0 Å². The number of benzene rings is 2. The summed E-state index contributed by atoms with van der Waals surface area (Å²) in [6.45, 7) is 1.40. The van der Waals surface area contributed by atoms with E-state index < -0.39 is 28.0 Å². The highest BCUT2D eigenvalue weighted by Gasteiger charge is 2.17. The summed E-state index contributed by atoms with van der Waals surface area (Å²) >= 11 is 0. The molecule has 0 amide bonds. The van der Waals surface area contributed by atoms with Gasteiger partial charge in [-0.25, -0.2) is 13.1 Å². The number of carboxylic acids is 1. The van der Waals surface area contributed by atoms with E-state index in [4.69, 9.17) is 5.11 Å². The van der Waals surface area contributed by atoms with Gasteiger partial charge in [0.2, 0.25) is 10.0 Å². The second-order valence-electron chi connectivity index (χ2n) is 5.41. The fourth-order valence-corrected chi connectivity index (χ4v) is 3.20. The van der Waals surface area contributed by atoms with E-state index in [2.05, 4.69) is 4.72 Å². The van der Waals surface area contributed by atoms with Crippen molar-refractivity contribution in [3.63, 3.8) is 0 Å². The lowest BCUT2D eigenvalue weighted by Gasteiger charge is -2.14. The Morgan fingerprint density at radius 1 is 1.04 bits per heavy atom. The third kappa shape index (κ3) is 4.41. The molecule has 0 heterocycles. The van der Waals surface area contributed by atoms with Crippen molar-refractivity contribution in [3.05, 3.63) is 65.7 Å². The largest absolute Gasteiger partial charge is 0.481 e. The van der Waals surface area contributed by atoms with E-state index in [1.165, 1.54) is 12.1 Å². The number of nitrogens with one attached hydrogen (secondary N) is 1. The Balaban J connectivity index is 2.02. The molecule has 0 saturated heterocycles. The molecule has 0 saturated carbocycles. The standard InChI is InChI=1S/C17H19NO5S/c1-12(17(20)21)13-7-9-14(10-8-13)16(19)11-18-24(22,23)15-5-3-2-4-6-15/h2-10,12,16,18-19H,11H2,1H3,(H,20,21). The van der Waals surface area contributed by atoms with Gasteiger partial charge in [0.1, 0.15) is 0 Å². The van der Waals surface area contributed by atoms with Crippen molar-refractivity contribution in [2.24, 2.45) is 0 Å². The number of aliphatic hydroxyl groups excluding tert-OH is 1. The number of hydrogen-bond donors (Lipinski definition) is 3. The molecule has 0 aliphatic carbocycles. The lowest BCUT2D eigenvalue weighted by atomic mass is 9.99. The molecule has 0 aliphatic rings. The van der Waals surface area contributed by atoms with Crippen LogP contribution in [0.4, 0.5) is 0 Å². The third-order valence-corrected chi connectivity index (χ3v) is 5.15. The molecule has 2 atom stereocenters. The monoisotopic (exact) mass is 349 g/mol. The van der Waals surface area contributed by atoms with Crippen LogP contribution in [0.3, 0.4) is 0 Å². The van der Waals surface area contributed by atoms with E-state index in [-0.39, 0.29) is 11.4 Å². The van der Waals surface area contributed by atoms with E-state index in [0.717, 1.165) is 0 Å². The molecule has 2 rings (SSSR count). The average molecular weight is 349 g/mol. The molecule has 128 valence electrons. The quantitative estimate of drug-likeness (QED) is 0.708. The van der Waals surface area contributed by atoms with E-state index in [0.29, 0.717) is 11.1 Å². The van der Waals surface area contributed by atoms with Crippen LogP contribution in [0.15, 0.2) is 59.5 Å². The van der Waals surface area contributed by atoms with Crippen LogP contribution in [-0.2, 0) is 14.8 Å². The highest BCUT2D eigenvalue weighted by Crippen LogP contribution is 2.19. The van der Waals surface area contributed by atoms with Crippen molar-refractivity contribution < 1.29 is 23.4 Å². The highest BCUT2D eigenvalue weighted by atomic mass is 32.2. The molecule has 2 aromatic rings. The summed E-state index contributed by atoms with van der Waals surface area (Å²) in [5.41, 5.74) is 1.12. The lowest BCUT2D eigenvalue weighted by molar-refractivity contribution is -0.138. The third-order valence-electron chi connectivity index (χ3n) is 3.71. The van der Waals surface area contributed by atoms with E-state index in [1.54, 1.807) is 49.4 Å². The number of sulfonamides is 1. The minimum absolute atomic E-state index is 0.128. The summed E-state index contributed by atoms with van der Waals surface area (Å²) in [5.74, 6) is -1.58. The zero-order valence-electron chi connectivity index (χ0n) is 13.1. The zero-order chi connectivity index (χ0) is 17.7. The smallest absolute Gasteiger partial charge is 0.310 e. The van der Waals surface area contributed by atoms with E-state index in [9.17, 15) is 18.3 Å². The van der Waals surface area contributed by atoms with Gasteiger partial charge >= 0.3 is 5.97 Å². The molecular weight excluding hydrogens is 330 g/mol. The first-order valence-corrected chi connectivity index (χ1v) is 8.85. The molecule has 3 N–H and O–H groups in total. The minimum atomic E-state index is -3.68. The van der Waals surface area contributed by atoms with Gasteiger partial charge in [-0.2, -0.15) is 0 Å². The maximum atomic E-state index is 12.1. The molecule has 2 aromatic carbocycles. The van der Waals surface area contributed by atoms with Gasteiger partial charge in [-0.1, -0.05) is 42.5 Å². The second-order valence-corrected chi connectivity index (χ2v) is 7.17. The molecule has 0 radical (unpaired) electrons. The minimum Gasteiger partial charge on any atom is -0.481 e. The number of carbonyl (C=O) groups is 1. The van der Waals surface area contributed by atoms with Gasteiger partial charge in [0, 0.05) is 6.54 Å². The predicted octanol–water partition coefficient (Wildman–Crippen LogP) is 1.89.